The monoisotopic (exact) mass is 273 g/mol. The van der Waals surface area contributed by atoms with Gasteiger partial charge in [0.25, 0.3) is 10.0 Å². The minimum Gasteiger partial charge on any atom is -0.409 e. The average Bonchev–Trinajstić information content (AvgIpc) is 3.07. The summed E-state index contributed by atoms with van der Waals surface area (Å²) in [5.41, 5.74) is 5.50. The molecule has 5 N–H and O–H groups in total. The van der Waals surface area contributed by atoms with E-state index in [4.69, 9.17) is 10.9 Å². The number of nitrogens with one attached hydrogen (secondary N) is 2. The number of oxime groups is 1. The van der Waals surface area contributed by atoms with Crippen molar-refractivity contribution in [1.29, 1.82) is 0 Å². The molecule has 0 saturated heterocycles. The van der Waals surface area contributed by atoms with Crippen LogP contribution in [0.3, 0.4) is 0 Å². The van der Waals surface area contributed by atoms with E-state index in [1.165, 1.54) is 6.20 Å². The zero-order valence-corrected chi connectivity index (χ0v) is 10.6. The molecule has 18 heavy (non-hydrogen) atoms. The summed E-state index contributed by atoms with van der Waals surface area (Å²) < 4.78 is 26.5. The molecule has 1 aromatic heterocycles. The van der Waals surface area contributed by atoms with Gasteiger partial charge in [0.15, 0.2) is 10.9 Å². The van der Waals surface area contributed by atoms with E-state index >= 15 is 0 Å². The maximum atomic E-state index is 12.0. The van der Waals surface area contributed by atoms with Gasteiger partial charge >= 0.3 is 0 Å². The molecule has 0 bridgehead atoms. The molecule has 0 aromatic carbocycles. The number of rotatable bonds is 5. The minimum absolute atomic E-state index is 0.0311. The third-order valence-electron chi connectivity index (χ3n) is 2.78. The van der Waals surface area contributed by atoms with Gasteiger partial charge in [-0.15, -0.1) is 0 Å². The number of aryl methyl sites for hydroxylation is 1. The van der Waals surface area contributed by atoms with Crippen molar-refractivity contribution < 1.29 is 13.6 Å². The molecular formula is C9H15N5O3S. The van der Waals surface area contributed by atoms with Gasteiger partial charge in [0.2, 0.25) is 0 Å². The van der Waals surface area contributed by atoms with Crippen molar-refractivity contribution in [2.45, 2.75) is 30.8 Å². The SMILES string of the molecule is Cc1ncc(S(=O)(=O)NC(C(N)=NO)C2CC2)[nH]1. The van der Waals surface area contributed by atoms with Gasteiger partial charge in [-0.25, -0.2) is 13.4 Å². The molecule has 1 aliphatic carbocycles. The van der Waals surface area contributed by atoms with Crippen LogP contribution >= 0.6 is 0 Å². The highest BCUT2D eigenvalue weighted by Crippen LogP contribution is 2.33. The van der Waals surface area contributed by atoms with Crippen LogP contribution in [0.4, 0.5) is 0 Å². The Kier molecular flexibility index (Phi) is 3.26. The fourth-order valence-corrected chi connectivity index (χ4v) is 2.90. The van der Waals surface area contributed by atoms with Crippen molar-refractivity contribution in [1.82, 2.24) is 14.7 Å². The minimum atomic E-state index is -3.74. The van der Waals surface area contributed by atoms with E-state index in [-0.39, 0.29) is 16.8 Å². The molecule has 0 spiro atoms. The highest BCUT2D eigenvalue weighted by Gasteiger charge is 2.37. The third-order valence-corrected chi connectivity index (χ3v) is 4.13. The molecule has 9 heteroatoms. The number of imidazole rings is 1. The number of amidine groups is 1. The Balaban J connectivity index is 2.20. The normalized spacial score (nSPS) is 18.8. The number of aromatic amines is 1. The molecule has 0 radical (unpaired) electrons. The highest BCUT2D eigenvalue weighted by atomic mass is 32.2. The van der Waals surface area contributed by atoms with Crippen molar-refractivity contribution in [3.8, 4) is 0 Å². The summed E-state index contributed by atoms with van der Waals surface area (Å²) >= 11 is 0. The number of hydrogen-bond acceptors (Lipinski definition) is 5. The van der Waals surface area contributed by atoms with Gasteiger partial charge in [-0.3, -0.25) is 0 Å². The molecule has 1 saturated carbocycles. The summed E-state index contributed by atoms with van der Waals surface area (Å²) in [5.74, 6) is 0.458. The molecule has 2 rings (SSSR count). The quantitative estimate of drug-likeness (QED) is 0.249. The fourth-order valence-electron chi connectivity index (χ4n) is 1.66. The van der Waals surface area contributed by atoms with E-state index in [1.54, 1.807) is 6.92 Å². The first-order valence-electron chi connectivity index (χ1n) is 5.45. The number of aromatic nitrogens is 2. The van der Waals surface area contributed by atoms with E-state index in [1.807, 2.05) is 0 Å². The Labute approximate surface area is 104 Å². The molecule has 1 heterocycles. The second-order valence-corrected chi connectivity index (χ2v) is 5.98. The summed E-state index contributed by atoms with van der Waals surface area (Å²) in [6, 6.07) is -0.677. The largest absolute Gasteiger partial charge is 0.409 e. The Hall–Kier alpha value is -1.61. The van der Waals surface area contributed by atoms with Gasteiger partial charge in [0, 0.05) is 0 Å². The van der Waals surface area contributed by atoms with Crippen molar-refractivity contribution in [2.24, 2.45) is 16.8 Å². The lowest BCUT2D eigenvalue weighted by Crippen LogP contribution is -2.46. The summed E-state index contributed by atoms with van der Waals surface area (Å²) in [4.78, 5) is 6.46. The lowest BCUT2D eigenvalue weighted by Gasteiger charge is -2.15. The zero-order chi connectivity index (χ0) is 13.3. The molecule has 1 unspecified atom stereocenters. The second kappa shape index (κ2) is 4.58. The maximum Gasteiger partial charge on any atom is 0.258 e. The molecule has 100 valence electrons. The first-order valence-corrected chi connectivity index (χ1v) is 6.93. The van der Waals surface area contributed by atoms with Gasteiger partial charge < -0.3 is 15.9 Å². The van der Waals surface area contributed by atoms with Crippen LogP contribution < -0.4 is 10.5 Å². The summed E-state index contributed by atoms with van der Waals surface area (Å²) in [7, 11) is -3.74. The van der Waals surface area contributed by atoms with Crippen LogP contribution in [0.25, 0.3) is 0 Å². The highest BCUT2D eigenvalue weighted by molar-refractivity contribution is 7.89. The molecule has 1 atom stereocenters. The Morgan fingerprint density at radius 1 is 1.72 bits per heavy atom. The molecule has 1 aliphatic rings. The van der Waals surface area contributed by atoms with Crippen LogP contribution in [-0.4, -0.2) is 35.5 Å². The standard InChI is InChI=1S/C9H15N5O3S/c1-5-11-4-7(12-5)18(16,17)14-8(6-2-3-6)9(10)13-15/h4,6,8,14-15H,2-3H2,1H3,(H2,10,13)(H,11,12). The average molecular weight is 273 g/mol. The van der Waals surface area contributed by atoms with E-state index in [9.17, 15) is 8.42 Å². The number of nitrogens with two attached hydrogens (primary N) is 1. The number of hydrogen-bond donors (Lipinski definition) is 4. The fraction of sp³-hybridized carbons (Fsp3) is 0.556. The Bertz CT molecular complexity index is 561. The smallest absolute Gasteiger partial charge is 0.258 e. The second-order valence-electron chi connectivity index (χ2n) is 4.29. The first-order chi connectivity index (χ1) is 8.44. The lowest BCUT2D eigenvalue weighted by atomic mass is 10.2. The van der Waals surface area contributed by atoms with E-state index in [0.29, 0.717) is 5.82 Å². The van der Waals surface area contributed by atoms with Gasteiger partial charge in [0.05, 0.1) is 12.2 Å². The molecular weight excluding hydrogens is 258 g/mol. The summed E-state index contributed by atoms with van der Waals surface area (Å²) in [6.07, 6.45) is 2.94. The van der Waals surface area contributed by atoms with Crippen molar-refractivity contribution >= 4 is 15.9 Å². The van der Waals surface area contributed by atoms with Crippen molar-refractivity contribution in [2.75, 3.05) is 0 Å². The molecule has 0 aliphatic heterocycles. The molecule has 8 nitrogen and oxygen atoms in total. The van der Waals surface area contributed by atoms with Crippen molar-refractivity contribution in [3.05, 3.63) is 12.0 Å². The van der Waals surface area contributed by atoms with Gasteiger partial charge in [-0.1, -0.05) is 5.16 Å². The molecule has 1 aromatic rings. The van der Waals surface area contributed by atoms with E-state index in [0.717, 1.165) is 12.8 Å². The van der Waals surface area contributed by atoms with Gasteiger partial charge in [-0.2, -0.15) is 4.72 Å². The number of sulfonamides is 1. The Morgan fingerprint density at radius 2 is 2.39 bits per heavy atom. The van der Waals surface area contributed by atoms with Crippen LogP contribution in [0.2, 0.25) is 0 Å². The van der Waals surface area contributed by atoms with Gasteiger partial charge in [0.1, 0.15) is 5.82 Å². The number of nitrogens with zero attached hydrogens (tertiary/aromatic N) is 2. The molecule has 0 amide bonds. The third kappa shape index (κ3) is 2.62. The maximum absolute atomic E-state index is 12.0. The van der Waals surface area contributed by atoms with Gasteiger partial charge in [-0.05, 0) is 25.7 Å². The van der Waals surface area contributed by atoms with Crippen LogP contribution in [0, 0.1) is 12.8 Å². The van der Waals surface area contributed by atoms with Crippen LogP contribution in [0.5, 0.6) is 0 Å². The molecule has 1 fully saturated rings. The van der Waals surface area contributed by atoms with E-state index in [2.05, 4.69) is 19.8 Å². The predicted octanol–water partition coefficient (Wildman–Crippen LogP) is -0.479. The van der Waals surface area contributed by atoms with Crippen LogP contribution in [-0.2, 0) is 10.0 Å². The lowest BCUT2D eigenvalue weighted by molar-refractivity contribution is 0.314. The summed E-state index contributed by atoms with van der Waals surface area (Å²) in [6.45, 7) is 1.65. The van der Waals surface area contributed by atoms with Crippen molar-refractivity contribution in [3.63, 3.8) is 0 Å². The first kappa shape index (κ1) is 12.8. The summed E-state index contributed by atoms with van der Waals surface area (Å²) in [5, 5.41) is 11.5. The van der Waals surface area contributed by atoms with Crippen LogP contribution in [0.1, 0.15) is 18.7 Å². The zero-order valence-electron chi connectivity index (χ0n) is 9.79. The number of H-pyrrole nitrogens is 1. The Morgan fingerprint density at radius 3 is 2.83 bits per heavy atom. The van der Waals surface area contributed by atoms with Crippen LogP contribution in [0.15, 0.2) is 16.4 Å². The topological polar surface area (TPSA) is 133 Å². The van der Waals surface area contributed by atoms with E-state index < -0.39 is 16.1 Å². The predicted molar refractivity (Wildman–Crippen MR) is 63.6 cm³/mol.